The second-order valence-corrected chi connectivity index (χ2v) is 37.4. The second kappa shape index (κ2) is 12.0. The van der Waals surface area contributed by atoms with Crippen molar-refractivity contribution in [1.29, 1.82) is 0 Å². The Morgan fingerprint density at radius 1 is 0.352 bits per heavy atom. The van der Waals surface area contributed by atoms with E-state index in [1.807, 2.05) is 0 Å². The molecule has 0 aromatic heterocycles. The van der Waals surface area contributed by atoms with Crippen LogP contribution in [0, 0.1) is 0 Å². The molecule has 270 valence electrons. The first-order chi connectivity index (χ1) is 25.6. The van der Waals surface area contributed by atoms with E-state index in [9.17, 15) is 0 Å². The number of rotatable bonds is 4. The maximum atomic E-state index is 2.57. The van der Waals surface area contributed by atoms with Gasteiger partial charge in [-0.05, 0) is 101 Å². The average Bonchev–Trinajstić information content (AvgIpc) is 3.13. The van der Waals surface area contributed by atoms with Crippen LogP contribution in [0.5, 0.6) is 0 Å². The summed E-state index contributed by atoms with van der Waals surface area (Å²) in [6.07, 6.45) is 0. The van der Waals surface area contributed by atoms with E-state index in [4.69, 9.17) is 0 Å². The Bertz CT molecular complexity index is 2380. The summed E-state index contributed by atoms with van der Waals surface area (Å²) in [5.41, 5.74) is 7.88. The molecule has 7 aromatic rings. The molecule has 0 atom stereocenters. The number of nitrogens with zero attached hydrogens (tertiary/aromatic N) is 2. The topological polar surface area (TPSA) is 6.48 Å². The quantitative estimate of drug-likeness (QED) is 0.130. The fraction of sp³-hybridized carbons (Fsp3) is 0.208. The Labute approximate surface area is 326 Å². The molecule has 7 aromatic carbocycles. The van der Waals surface area contributed by atoms with Crippen LogP contribution in [0.1, 0.15) is 0 Å². The summed E-state index contributed by atoms with van der Waals surface area (Å²) in [6, 6.07) is 51.7. The highest BCUT2D eigenvalue weighted by Crippen LogP contribution is 2.42. The van der Waals surface area contributed by atoms with Crippen molar-refractivity contribution in [3.05, 3.63) is 133 Å². The van der Waals surface area contributed by atoms with Gasteiger partial charge in [0.05, 0.1) is 16.1 Å². The van der Waals surface area contributed by atoms with Gasteiger partial charge in [-0.25, -0.2) is 0 Å². The maximum Gasteiger partial charge on any atom is 0.117 e. The van der Waals surface area contributed by atoms with Crippen LogP contribution in [-0.2, 0) is 0 Å². The van der Waals surface area contributed by atoms with Gasteiger partial charge in [0.2, 0.25) is 0 Å². The molecule has 0 fully saturated rings. The van der Waals surface area contributed by atoms with Crippen LogP contribution < -0.4 is 40.9 Å². The number of para-hydroxylation sites is 4. The van der Waals surface area contributed by atoms with Gasteiger partial charge in [-0.15, -0.1) is 0 Å². The molecule has 0 saturated heterocycles. The standard InChI is InChI=1S/C48H52N2Si4/c1-51(2,3)47-35-29-27-34(50-41-21-13-17-25-45(41)54(9,10)46-26-18-14-22-42(46)50)32-38(35)48(52(4,5)6)36-30-28-33(31-37(36)47)49-39-19-11-15-23-43(39)53(7,8)44-24-16-12-20-40(44)49/h11-32H,1-10H3. The summed E-state index contributed by atoms with van der Waals surface area (Å²) < 4.78 is 0. The minimum Gasteiger partial charge on any atom is -0.311 e. The molecule has 2 aliphatic rings. The van der Waals surface area contributed by atoms with Gasteiger partial charge in [0.15, 0.2) is 0 Å². The Kier molecular flexibility index (Phi) is 7.84. The average molecular weight is 769 g/mol. The van der Waals surface area contributed by atoms with Crippen molar-refractivity contribution < 1.29 is 0 Å². The van der Waals surface area contributed by atoms with Crippen LogP contribution in [0.2, 0.25) is 65.5 Å². The van der Waals surface area contributed by atoms with Gasteiger partial charge in [0, 0.05) is 34.1 Å². The van der Waals surface area contributed by atoms with Crippen LogP contribution in [0.25, 0.3) is 21.5 Å². The van der Waals surface area contributed by atoms with Crippen molar-refractivity contribution in [2.75, 3.05) is 9.80 Å². The highest BCUT2D eigenvalue weighted by atomic mass is 28.3. The molecule has 0 saturated carbocycles. The molecule has 0 bridgehead atoms. The normalized spacial score (nSPS) is 15.8. The summed E-state index contributed by atoms with van der Waals surface area (Å²) in [6.45, 7) is 25.3. The lowest BCUT2D eigenvalue weighted by molar-refractivity contribution is 1.29. The van der Waals surface area contributed by atoms with Crippen molar-refractivity contribution in [2.24, 2.45) is 0 Å². The third-order valence-electron chi connectivity index (χ3n) is 12.4. The molecule has 2 nitrogen and oxygen atoms in total. The highest BCUT2D eigenvalue weighted by Gasteiger charge is 2.40. The Hall–Kier alpha value is -4.47. The summed E-state index contributed by atoms with van der Waals surface area (Å²) in [5.74, 6) is 0. The Morgan fingerprint density at radius 3 is 0.907 bits per heavy atom. The van der Waals surface area contributed by atoms with Crippen molar-refractivity contribution in [3.8, 4) is 0 Å². The zero-order chi connectivity index (χ0) is 37.9. The first-order valence-corrected chi connectivity index (χ1v) is 32.6. The number of fused-ring (bicyclic) bond motifs is 6. The molecule has 2 aliphatic heterocycles. The van der Waals surface area contributed by atoms with Gasteiger partial charge in [-0.2, -0.15) is 0 Å². The Morgan fingerprint density at radius 2 is 0.630 bits per heavy atom. The predicted octanol–water partition coefficient (Wildman–Crippen LogP) is 10.3. The summed E-state index contributed by atoms with van der Waals surface area (Å²) in [4.78, 5) is 5.13. The molecule has 2 heterocycles. The Balaban J connectivity index is 1.33. The zero-order valence-electron chi connectivity index (χ0n) is 33.6. The van der Waals surface area contributed by atoms with Crippen LogP contribution in [0.3, 0.4) is 0 Å². The molecular weight excluding hydrogens is 717 g/mol. The van der Waals surface area contributed by atoms with Crippen molar-refractivity contribution >= 4 is 119 Å². The third kappa shape index (κ3) is 5.14. The molecule has 54 heavy (non-hydrogen) atoms. The lowest BCUT2D eigenvalue weighted by Crippen LogP contribution is -2.58. The molecular formula is C48H52N2Si4. The van der Waals surface area contributed by atoms with Crippen molar-refractivity contribution in [1.82, 2.24) is 0 Å². The second-order valence-electron chi connectivity index (χ2n) is 18.7. The molecule has 0 amide bonds. The summed E-state index contributed by atoms with van der Waals surface area (Å²) in [5, 5.41) is 15.0. The number of hydrogen-bond acceptors (Lipinski definition) is 2. The fourth-order valence-corrected chi connectivity index (χ4v) is 20.0. The molecule has 0 unspecified atom stereocenters. The molecule has 0 N–H and O–H groups in total. The first-order valence-electron chi connectivity index (χ1n) is 19.6. The van der Waals surface area contributed by atoms with Gasteiger partial charge < -0.3 is 9.80 Å². The predicted molar refractivity (Wildman–Crippen MR) is 250 cm³/mol. The van der Waals surface area contributed by atoms with E-state index in [0.29, 0.717) is 0 Å². The van der Waals surface area contributed by atoms with Crippen molar-refractivity contribution in [2.45, 2.75) is 65.5 Å². The minimum absolute atomic E-state index is 1.26. The molecule has 0 aliphatic carbocycles. The molecule has 6 heteroatoms. The van der Waals surface area contributed by atoms with Gasteiger partial charge in [-0.3, -0.25) is 0 Å². The summed E-state index contributed by atoms with van der Waals surface area (Å²) >= 11 is 0. The van der Waals surface area contributed by atoms with E-state index in [1.165, 1.54) is 76.4 Å². The van der Waals surface area contributed by atoms with Crippen molar-refractivity contribution in [3.63, 3.8) is 0 Å². The molecule has 0 spiro atoms. The van der Waals surface area contributed by atoms with E-state index in [1.54, 1.807) is 10.4 Å². The van der Waals surface area contributed by atoms with E-state index >= 15 is 0 Å². The van der Waals surface area contributed by atoms with E-state index < -0.39 is 32.3 Å². The number of anilines is 6. The fourth-order valence-electron chi connectivity index (χ4n) is 9.99. The molecule has 9 rings (SSSR count). The summed E-state index contributed by atoms with van der Waals surface area (Å²) in [7, 11) is -7.51. The highest BCUT2D eigenvalue weighted by molar-refractivity contribution is 7.03. The van der Waals surface area contributed by atoms with Crippen LogP contribution in [0.4, 0.5) is 34.1 Å². The first kappa shape index (κ1) is 35.2. The monoisotopic (exact) mass is 768 g/mol. The van der Waals surface area contributed by atoms with Crippen LogP contribution in [0.15, 0.2) is 133 Å². The number of hydrogen-bond donors (Lipinski definition) is 0. The van der Waals surface area contributed by atoms with Gasteiger partial charge in [-0.1, -0.05) is 150 Å². The van der Waals surface area contributed by atoms with Gasteiger partial charge >= 0.3 is 0 Å². The third-order valence-corrected chi connectivity index (χ3v) is 23.5. The minimum atomic E-state index is -1.88. The van der Waals surface area contributed by atoms with E-state index in [0.717, 1.165) is 0 Å². The number of benzene rings is 7. The van der Waals surface area contributed by atoms with E-state index in [-0.39, 0.29) is 0 Å². The lowest BCUT2D eigenvalue weighted by Gasteiger charge is -2.41. The lowest BCUT2D eigenvalue weighted by atomic mass is 10.0. The molecule has 0 radical (unpaired) electrons. The smallest absolute Gasteiger partial charge is 0.117 e. The maximum absolute atomic E-state index is 2.57. The van der Waals surface area contributed by atoms with Crippen LogP contribution in [-0.4, -0.2) is 32.3 Å². The SMILES string of the molecule is C[Si](C)(C)c1c2ccc(N3c4ccccc4[Si](C)(C)c4ccccc43)cc2c([Si](C)(C)C)c2ccc(N3c4ccccc4[Si](C)(C)c4ccccc43)cc12. The van der Waals surface area contributed by atoms with E-state index in [2.05, 4.69) is 209 Å². The van der Waals surface area contributed by atoms with Crippen LogP contribution >= 0.6 is 0 Å². The van der Waals surface area contributed by atoms with Gasteiger partial charge in [0.1, 0.15) is 16.1 Å². The van der Waals surface area contributed by atoms with Gasteiger partial charge in [0.25, 0.3) is 0 Å². The largest absolute Gasteiger partial charge is 0.311 e. The zero-order valence-corrected chi connectivity index (χ0v) is 37.6.